The number of rotatable bonds is 8. The first kappa shape index (κ1) is 22.5. The van der Waals surface area contributed by atoms with Crippen molar-refractivity contribution in [2.75, 3.05) is 0 Å². The zero-order chi connectivity index (χ0) is 20.9. The van der Waals surface area contributed by atoms with Crippen LogP contribution in [0.25, 0.3) is 6.08 Å². The lowest BCUT2D eigenvalue weighted by atomic mass is 10.1. The van der Waals surface area contributed by atoms with Crippen LogP contribution in [-0.4, -0.2) is 23.9 Å². The minimum absolute atomic E-state index is 0.126. The molecule has 0 aromatic heterocycles. The van der Waals surface area contributed by atoms with Crippen LogP contribution < -0.4 is 0 Å². The van der Waals surface area contributed by atoms with Gasteiger partial charge in [-0.2, -0.15) is 0 Å². The summed E-state index contributed by atoms with van der Waals surface area (Å²) in [6, 6.07) is 9.48. The van der Waals surface area contributed by atoms with Crippen LogP contribution in [0.15, 0.2) is 72.4 Å². The molecule has 0 spiro atoms. The summed E-state index contributed by atoms with van der Waals surface area (Å²) in [6.07, 6.45) is 7.15. The Balaban J connectivity index is 2.61. The van der Waals surface area contributed by atoms with Gasteiger partial charge in [-0.15, -0.1) is 0 Å². The van der Waals surface area contributed by atoms with Gasteiger partial charge in [-0.1, -0.05) is 69.0 Å². The number of allylic oxidation sites excluding steroid dienone is 2. The van der Waals surface area contributed by atoms with E-state index in [1.165, 1.54) is 0 Å². The number of carbonyl (C=O) groups is 4. The van der Waals surface area contributed by atoms with E-state index >= 15 is 0 Å². The Morgan fingerprint density at radius 1 is 0.893 bits per heavy atom. The highest BCUT2D eigenvalue weighted by Gasteiger charge is 2.14. The number of carbonyl (C=O) groups excluding carboxylic acids is 4. The molecule has 28 heavy (non-hydrogen) atoms. The van der Waals surface area contributed by atoms with E-state index in [1.54, 1.807) is 26.0 Å². The Labute approximate surface area is 163 Å². The monoisotopic (exact) mass is 382 g/mol. The molecule has 6 nitrogen and oxygen atoms in total. The summed E-state index contributed by atoms with van der Waals surface area (Å²) in [4.78, 5) is 46.5. The number of hydrogen-bond acceptors (Lipinski definition) is 6. The van der Waals surface area contributed by atoms with Crippen molar-refractivity contribution in [2.24, 2.45) is 0 Å². The molecule has 0 fully saturated rings. The van der Waals surface area contributed by atoms with Gasteiger partial charge in [-0.05, 0) is 18.4 Å². The van der Waals surface area contributed by atoms with Gasteiger partial charge >= 0.3 is 23.9 Å². The molecule has 0 amide bonds. The maximum absolute atomic E-state index is 12.0. The molecule has 0 heterocycles. The Morgan fingerprint density at radius 2 is 1.46 bits per heavy atom. The lowest BCUT2D eigenvalue weighted by Gasteiger charge is -2.02. The zero-order valence-corrected chi connectivity index (χ0v) is 15.8. The minimum Gasteiger partial charge on any atom is -0.386 e. The third-order valence-electron chi connectivity index (χ3n) is 3.49. The molecule has 0 radical (unpaired) electrons. The van der Waals surface area contributed by atoms with Gasteiger partial charge in [-0.3, -0.25) is 0 Å². The smallest absolute Gasteiger partial charge is 0.341 e. The van der Waals surface area contributed by atoms with Crippen LogP contribution in [-0.2, 0) is 28.7 Å². The van der Waals surface area contributed by atoms with Gasteiger partial charge in [0.15, 0.2) is 0 Å². The molecule has 0 unspecified atom stereocenters. The molecule has 1 aromatic rings. The van der Waals surface area contributed by atoms with E-state index in [9.17, 15) is 19.2 Å². The molecule has 0 saturated carbocycles. The van der Waals surface area contributed by atoms with Crippen LogP contribution in [0.4, 0.5) is 0 Å². The second kappa shape index (κ2) is 12.0. The second-order valence-corrected chi connectivity index (χ2v) is 5.52. The SMILES string of the molecule is C=C(CC)C(=O)OC(=O)C=CC(=O)OC(=O)C(=CC=Cc1ccccc1)CC. The Bertz CT molecular complexity index is 828. The highest BCUT2D eigenvalue weighted by atomic mass is 16.6. The van der Waals surface area contributed by atoms with Crippen molar-refractivity contribution >= 4 is 30.0 Å². The van der Waals surface area contributed by atoms with E-state index in [2.05, 4.69) is 16.1 Å². The van der Waals surface area contributed by atoms with Gasteiger partial charge in [0.2, 0.25) is 0 Å². The lowest BCUT2D eigenvalue weighted by molar-refractivity contribution is -0.156. The number of hydrogen-bond donors (Lipinski definition) is 0. The first-order valence-corrected chi connectivity index (χ1v) is 8.67. The van der Waals surface area contributed by atoms with E-state index in [4.69, 9.17) is 0 Å². The molecule has 0 bridgehead atoms. The van der Waals surface area contributed by atoms with Crippen molar-refractivity contribution in [2.45, 2.75) is 26.7 Å². The van der Waals surface area contributed by atoms with Crippen LogP contribution in [0.2, 0.25) is 0 Å². The molecule has 0 atom stereocenters. The van der Waals surface area contributed by atoms with Crippen LogP contribution in [0, 0.1) is 0 Å². The normalized spacial score (nSPS) is 11.4. The van der Waals surface area contributed by atoms with Crippen molar-refractivity contribution in [3.63, 3.8) is 0 Å². The largest absolute Gasteiger partial charge is 0.386 e. The molecule has 0 aliphatic heterocycles. The predicted molar refractivity (Wildman–Crippen MR) is 105 cm³/mol. The average molecular weight is 382 g/mol. The number of ether oxygens (including phenoxy) is 2. The van der Waals surface area contributed by atoms with E-state index in [0.717, 1.165) is 11.6 Å². The van der Waals surface area contributed by atoms with Crippen LogP contribution in [0.3, 0.4) is 0 Å². The first-order valence-electron chi connectivity index (χ1n) is 8.67. The zero-order valence-electron chi connectivity index (χ0n) is 15.8. The summed E-state index contributed by atoms with van der Waals surface area (Å²) in [5.74, 6) is -3.79. The molecule has 0 N–H and O–H groups in total. The second-order valence-electron chi connectivity index (χ2n) is 5.52. The van der Waals surface area contributed by atoms with E-state index in [1.807, 2.05) is 36.4 Å². The molecule has 1 aromatic carbocycles. The minimum atomic E-state index is -1.05. The molecular formula is C22H22O6. The van der Waals surface area contributed by atoms with E-state index in [-0.39, 0.29) is 11.1 Å². The summed E-state index contributed by atoms with van der Waals surface area (Å²) in [7, 11) is 0. The standard InChI is InChI=1S/C22H22O6/c1-4-16(3)21(25)27-19(23)14-15-20(24)28-22(26)18(5-2)13-9-12-17-10-7-6-8-11-17/h6-15H,3-5H2,1-2H3. The average Bonchev–Trinajstić information content (AvgIpc) is 2.69. The topological polar surface area (TPSA) is 86.7 Å². The Morgan fingerprint density at radius 3 is 2.00 bits per heavy atom. The summed E-state index contributed by atoms with van der Waals surface area (Å²) in [5, 5.41) is 0. The van der Waals surface area contributed by atoms with Crippen molar-refractivity contribution in [3.8, 4) is 0 Å². The van der Waals surface area contributed by atoms with Crippen molar-refractivity contribution in [3.05, 3.63) is 77.9 Å². The predicted octanol–water partition coefficient (Wildman–Crippen LogP) is 3.70. The van der Waals surface area contributed by atoms with Crippen molar-refractivity contribution in [1.82, 2.24) is 0 Å². The molecule has 0 aliphatic rings. The number of esters is 4. The van der Waals surface area contributed by atoms with Gasteiger partial charge in [0.25, 0.3) is 0 Å². The number of benzene rings is 1. The molecule has 146 valence electrons. The van der Waals surface area contributed by atoms with Crippen molar-refractivity contribution in [1.29, 1.82) is 0 Å². The quantitative estimate of drug-likeness (QED) is 0.295. The first-order chi connectivity index (χ1) is 13.4. The molecule has 0 aliphatic carbocycles. The van der Waals surface area contributed by atoms with Crippen LogP contribution in [0.1, 0.15) is 32.3 Å². The van der Waals surface area contributed by atoms with Crippen molar-refractivity contribution < 1.29 is 28.7 Å². The Kier molecular flexibility index (Phi) is 9.61. The summed E-state index contributed by atoms with van der Waals surface area (Å²) in [5.41, 5.74) is 1.37. The van der Waals surface area contributed by atoms with Gasteiger partial charge in [0.05, 0.1) is 0 Å². The van der Waals surface area contributed by atoms with Crippen LogP contribution >= 0.6 is 0 Å². The van der Waals surface area contributed by atoms with Gasteiger partial charge in [0, 0.05) is 23.3 Å². The van der Waals surface area contributed by atoms with Gasteiger partial charge in [0.1, 0.15) is 0 Å². The third kappa shape index (κ3) is 8.23. The highest BCUT2D eigenvalue weighted by molar-refractivity contribution is 6.04. The van der Waals surface area contributed by atoms with Gasteiger partial charge in [-0.25, -0.2) is 19.2 Å². The molecular weight excluding hydrogens is 360 g/mol. The third-order valence-corrected chi connectivity index (χ3v) is 3.49. The maximum Gasteiger partial charge on any atom is 0.341 e. The summed E-state index contributed by atoms with van der Waals surface area (Å²) >= 11 is 0. The van der Waals surface area contributed by atoms with E-state index in [0.29, 0.717) is 18.9 Å². The fraction of sp³-hybridized carbons (Fsp3) is 0.182. The van der Waals surface area contributed by atoms with E-state index < -0.39 is 23.9 Å². The fourth-order valence-corrected chi connectivity index (χ4v) is 1.84. The highest BCUT2D eigenvalue weighted by Crippen LogP contribution is 2.07. The molecule has 6 heteroatoms. The van der Waals surface area contributed by atoms with Gasteiger partial charge < -0.3 is 9.47 Å². The summed E-state index contributed by atoms with van der Waals surface area (Å²) < 4.78 is 9.10. The molecule has 0 saturated heterocycles. The van der Waals surface area contributed by atoms with Crippen LogP contribution in [0.5, 0.6) is 0 Å². The Hall–Kier alpha value is -3.54. The summed E-state index contributed by atoms with van der Waals surface area (Å²) in [6.45, 7) is 6.86. The fourth-order valence-electron chi connectivity index (χ4n) is 1.84. The maximum atomic E-state index is 12.0. The lowest BCUT2D eigenvalue weighted by Crippen LogP contribution is -2.14. The molecule has 1 rings (SSSR count).